The molecule has 1 aliphatic rings. The minimum absolute atomic E-state index is 0.0599. The van der Waals surface area contributed by atoms with E-state index in [2.05, 4.69) is 0 Å². The summed E-state index contributed by atoms with van der Waals surface area (Å²) in [6.07, 6.45) is 1.44. The zero-order chi connectivity index (χ0) is 18.8. The van der Waals surface area contributed by atoms with Gasteiger partial charge in [-0.15, -0.1) is 0 Å². The maximum absolute atomic E-state index is 13.2. The highest BCUT2D eigenvalue weighted by Gasteiger charge is 2.47. The largest absolute Gasteiger partial charge is 0.507 e. The molecule has 1 amide bonds. The lowest BCUT2D eigenvalue weighted by Gasteiger charge is -2.24. The topological polar surface area (TPSA) is 74.0 Å². The monoisotopic (exact) mass is 358 g/mol. The van der Waals surface area contributed by atoms with Crippen LogP contribution in [0, 0.1) is 5.82 Å². The van der Waals surface area contributed by atoms with E-state index in [4.69, 9.17) is 4.42 Å². The van der Waals surface area contributed by atoms with Crippen LogP contribution < -0.4 is 0 Å². The van der Waals surface area contributed by atoms with Crippen molar-refractivity contribution in [1.29, 1.82) is 0 Å². The zero-order valence-electron chi connectivity index (χ0n) is 14.5. The third-order valence-corrected chi connectivity index (χ3v) is 4.26. The van der Waals surface area contributed by atoms with E-state index in [0.29, 0.717) is 18.8 Å². The van der Waals surface area contributed by atoms with Crippen LogP contribution in [0.1, 0.15) is 17.4 Å². The van der Waals surface area contributed by atoms with Gasteiger partial charge in [0.1, 0.15) is 23.4 Å². The van der Waals surface area contributed by atoms with Gasteiger partial charge in [0.05, 0.1) is 11.8 Å². The molecule has 1 aliphatic heterocycles. The van der Waals surface area contributed by atoms with Gasteiger partial charge in [-0.1, -0.05) is 0 Å². The number of carbonyl (C=O) groups excluding carboxylic acids is 2. The van der Waals surface area contributed by atoms with Gasteiger partial charge >= 0.3 is 0 Å². The highest BCUT2D eigenvalue weighted by molar-refractivity contribution is 6.46. The van der Waals surface area contributed by atoms with Gasteiger partial charge in [-0.3, -0.25) is 9.59 Å². The van der Waals surface area contributed by atoms with Crippen LogP contribution >= 0.6 is 0 Å². The van der Waals surface area contributed by atoms with E-state index >= 15 is 0 Å². The van der Waals surface area contributed by atoms with Crippen molar-refractivity contribution >= 4 is 17.4 Å². The molecule has 0 aliphatic carbocycles. The first-order valence-corrected chi connectivity index (χ1v) is 8.12. The van der Waals surface area contributed by atoms with Crippen molar-refractivity contribution in [2.75, 3.05) is 27.2 Å². The number of hydrogen-bond donors (Lipinski definition) is 1. The first-order chi connectivity index (χ1) is 12.4. The molecule has 0 spiro atoms. The number of amides is 1. The second-order valence-corrected chi connectivity index (χ2v) is 6.32. The fraction of sp³-hybridized carbons (Fsp3) is 0.263. The molecule has 1 aromatic carbocycles. The fourth-order valence-corrected chi connectivity index (χ4v) is 2.92. The van der Waals surface area contributed by atoms with Crippen molar-refractivity contribution in [2.24, 2.45) is 0 Å². The Bertz CT molecular complexity index is 841. The average molecular weight is 358 g/mol. The van der Waals surface area contributed by atoms with Crippen LogP contribution in [0.15, 0.2) is 52.7 Å². The lowest BCUT2D eigenvalue weighted by molar-refractivity contribution is -0.140. The third kappa shape index (κ3) is 3.25. The number of Topliss-reactive ketones (excluding diaryl/α,β-unsaturated/α-hetero) is 1. The number of likely N-dealkylation sites (tertiary alicyclic amines) is 1. The summed E-state index contributed by atoms with van der Waals surface area (Å²) < 4.78 is 18.6. The Hall–Kier alpha value is -2.93. The lowest BCUT2D eigenvalue weighted by Crippen LogP contribution is -2.35. The molecule has 136 valence electrons. The molecule has 1 fully saturated rings. The van der Waals surface area contributed by atoms with Gasteiger partial charge in [-0.05, 0) is 50.5 Å². The van der Waals surface area contributed by atoms with E-state index < -0.39 is 23.5 Å². The van der Waals surface area contributed by atoms with Crippen LogP contribution in [0.25, 0.3) is 5.76 Å². The standard InChI is InChI=1S/C19H19FN2O4/c1-21(2)9-10-22-16(14-4-3-11-26-14)15(18(24)19(22)25)17(23)12-5-7-13(20)8-6-12/h3-8,11,16,23H,9-10H2,1-2H3/b17-15+/t16-/m0/s1. The molecule has 26 heavy (non-hydrogen) atoms. The van der Waals surface area contributed by atoms with Crippen molar-refractivity contribution in [1.82, 2.24) is 9.80 Å². The summed E-state index contributed by atoms with van der Waals surface area (Å²) in [5, 5.41) is 10.7. The van der Waals surface area contributed by atoms with Crippen molar-refractivity contribution < 1.29 is 23.5 Å². The summed E-state index contributed by atoms with van der Waals surface area (Å²) in [5.41, 5.74) is 0.198. The highest BCUT2D eigenvalue weighted by Crippen LogP contribution is 2.39. The minimum atomic E-state index is -0.824. The number of nitrogens with zero attached hydrogens (tertiary/aromatic N) is 2. The highest BCUT2D eigenvalue weighted by atomic mass is 19.1. The van der Waals surface area contributed by atoms with Crippen LogP contribution in [0.2, 0.25) is 0 Å². The average Bonchev–Trinajstić information content (AvgIpc) is 3.21. The number of aliphatic hydroxyl groups excluding tert-OH is 1. The van der Waals surface area contributed by atoms with Gasteiger partial charge < -0.3 is 19.3 Å². The van der Waals surface area contributed by atoms with Crippen LogP contribution in [0.4, 0.5) is 4.39 Å². The van der Waals surface area contributed by atoms with Crippen LogP contribution in [0.5, 0.6) is 0 Å². The Kier molecular flexibility index (Phi) is 4.90. The lowest BCUT2D eigenvalue weighted by atomic mass is 9.99. The van der Waals surface area contributed by atoms with Gasteiger partial charge in [0.25, 0.3) is 11.7 Å². The van der Waals surface area contributed by atoms with Gasteiger partial charge in [0, 0.05) is 18.7 Å². The molecule has 0 bridgehead atoms. The van der Waals surface area contributed by atoms with E-state index in [1.165, 1.54) is 35.4 Å². The number of carbonyl (C=O) groups is 2. The molecule has 2 heterocycles. The molecule has 1 N–H and O–H groups in total. The van der Waals surface area contributed by atoms with Crippen molar-refractivity contribution in [2.45, 2.75) is 6.04 Å². The van der Waals surface area contributed by atoms with Gasteiger partial charge in [-0.25, -0.2) is 4.39 Å². The molecule has 0 radical (unpaired) electrons. The molecule has 1 atom stereocenters. The SMILES string of the molecule is CN(C)CCN1C(=O)C(=O)/C(=C(/O)c2ccc(F)cc2)[C@@H]1c1ccco1. The number of rotatable bonds is 5. The maximum Gasteiger partial charge on any atom is 0.295 e. The molecule has 6 nitrogen and oxygen atoms in total. The van der Waals surface area contributed by atoms with Crippen molar-refractivity contribution in [3.8, 4) is 0 Å². The number of ketones is 1. The number of aliphatic hydroxyl groups is 1. The Labute approximate surface area is 150 Å². The quantitative estimate of drug-likeness (QED) is 0.505. The predicted molar refractivity (Wildman–Crippen MR) is 92.7 cm³/mol. The normalized spacial score (nSPS) is 19.5. The summed E-state index contributed by atoms with van der Waals surface area (Å²) in [4.78, 5) is 28.4. The molecule has 1 saturated heterocycles. The molecule has 7 heteroatoms. The number of benzene rings is 1. The van der Waals surface area contributed by atoms with Gasteiger partial charge in [0.2, 0.25) is 0 Å². The second-order valence-electron chi connectivity index (χ2n) is 6.32. The zero-order valence-corrected chi connectivity index (χ0v) is 14.5. The van der Waals surface area contributed by atoms with E-state index in [0.717, 1.165) is 0 Å². The minimum Gasteiger partial charge on any atom is -0.507 e. The van der Waals surface area contributed by atoms with E-state index in [9.17, 15) is 19.1 Å². The molecule has 0 saturated carbocycles. The Morgan fingerprint density at radius 2 is 1.92 bits per heavy atom. The molecule has 2 aromatic rings. The van der Waals surface area contributed by atoms with Gasteiger partial charge in [0.15, 0.2) is 0 Å². The molecule has 0 unspecified atom stereocenters. The maximum atomic E-state index is 13.2. The summed E-state index contributed by atoms with van der Waals surface area (Å²) in [5.74, 6) is -1.91. The number of halogens is 1. The summed E-state index contributed by atoms with van der Waals surface area (Å²) in [6.45, 7) is 0.837. The van der Waals surface area contributed by atoms with Crippen molar-refractivity contribution in [3.05, 3.63) is 65.4 Å². The first kappa shape index (κ1) is 17.9. The molecular formula is C19H19FN2O4. The Balaban J connectivity index is 2.09. The molecule has 1 aromatic heterocycles. The first-order valence-electron chi connectivity index (χ1n) is 8.12. The Morgan fingerprint density at radius 1 is 1.23 bits per heavy atom. The number of hydrogen-bond acceptors (Lipinski definition) is 5. The number of furan rings is 1. The van der Waals surface area contributed by atoms with Crippen molar-refractivity contribution in [3.63, 3.8) is 0 Å². The van der Waals surface area contributed by atoms with E-state index in [1.807, 2.05) is 19.0 Å². The number of likely N-dealkylation sites (N-methyl/N-ethyl adjacent to an activating group) is 1. The smallest absolute Gasteiger partial charge is 0.295 e. The Morgan fingerprint density at radius 3 is 2.50 bits per heavy atom. The summed E-state index contributed by atoms with van der Waals surface area (Å²) >= 11 is 0. The third-order valence-electron chi connectivity index (χ3n) is 4.26. The fourth-order valence-electron chi connectivity index (χ4n) is 2.92. The predicted octanol–water partition coefficient (Wildman–Crippen LogP) is 2.40. The summed E-state index contributed by atoms with van der Waals surface area (Å²) in [6, 6.07) is 7.55. The van der Waals surface area contributed by atoms with Gasteiger partial charge in [-0.2, -0.15) is 0 Å². The molecular weight excluding hydrogens is 339 g/mol. The summed E-state index contributed by atoms with van der Waals surface area (Å²) in [7, 11) is 3.72. The van der Waals surface area contributed by atoms with Crippen LogP contribution in [-0.4, -0.2) is 53.8 Å². The van der Waals surface area contributed by atoms with Crippen LogP contribution in [0.3, 0.4) is 0 Å². The molecule has 3 rings (SSSR count). The van der Waals surface area contributed by atoms with Crippen LogP contribution in [-0.2, 0) is 9.59 Å². The second kappa shape index (κ2) is 7.13. The van der Waals surface area contributed by atoms with E-state index in [-0.39, 0.29) is 16.9 Å². The van der Waals surface area contributed by atoms with E-state index in [1.54, 1.807) is 12.1 Å².